The third kappa shape index (κ3) is 3.93. The van der Waals surface area contributed by atoms with Gasteiger partial charge in [-0.05, 0) is 47.0 Å². The molecule has 0 unspecified atom stereocenters. The lowest BCUT2D eigenvalue weighted by Gasteiger charge is -2.15. The standard InChI is InChI=1S/C23H21BrN2O3/c1-14-9-10-18(27-3)15(2)21(14)26-23-20(24)22-17(12-25-23)11-19(29-22)28-13-16-7-5-4-6-8-16/h4-12H,13H2,1-3H3,(H,25,26). The Bertz CT molecular complexity index is 1160. The maximum atomic E-state index is 5.93. The van der Waals surface area contributed by atoms with E-state index in [0.717, 1.165) is 38.0 Å². The molecule has 0 aliphatic heterocycles. The van der Waals surface area contributed by atoms with E-state index in [0.29, 0.717) is 24.0 Å². The summed E-state index contributed by atoms with van der Waals surface area (Å²) in [5.74, 6) is 1.95. The fourth-order valence-corrected chi connectivity index (χ4v) is 3.71. The number of benzene rings is 2. The molecule has 0 aliphatic rings. The predicted octanol–water partition coefficient (Wildman–Crippen LogP) is 6.54. The first-order valence-corrected chi connectivity index (χ1v) is 10.0. The summed E-state index contributed by atoms with van der Waals surface area (Å²) >= 11 is 3.63. The molecule has 2 aromatic heterocycles. The SMILES string of the molecule is COc1ccc(C)c(Nc2ncc3cc(OCc4ccccc4)oc3c2Br)c1C. The van der Waals surface area contributed by atoms with Gasteiger partial charge in [0, 0.05) is 28.9 Å². The maximum absolute atomic E-state index is 5.93. The zero-order chi connectivity index (χ0) is 20.4. The normalized spacial score (nSPS) is 10.9. The Morgan fingerprint density at radius 2 is 1.90 bits per heavy atom. The van der Waals surface area contributed by atoms with Crippen molar-refractivity contribution in [3.05, 3.63) is 75.9 Å². The van der Waals surface area contributed by atoms with Gasteiger partial charge in [0.1, 0.15) is 22.6 Å². The number of rotatable bonds is 6. The van der Waals surface area contributed by atoms with Crippen molar-refractivity contribution < 1.29 is 13.9 Å². The van der Waals surface area contributed by atoms with Crippen molar-refractivity contribution in [3.63, 3.8) is 0 Å². The summed E-state index contributed by atoms with van der Waals surface area (Å²) in [4.78, 5) is 4.56. The number of hydrogen-bond acceptors (Lipinski definition) is 5. The molecule has 0 fully saturated rings. The second-order valence-corrected chi connectivity index (χ2v) is 7.55. The number of furan rings is 1. The number of aromatic nitrogens is 1. The molecule has 0 atom stereocenters. The number of halogens is 1. The average Bonchev–Trinajstić information content (AvgIpc) is 3.16. The van der Waals surface area contributed by atoms with E-state index in [1.807, 2.05) is 62.4 Å². The quantitative estimate of drug-likeness (QED) is 0.359. The molecule has 2 heterocycles. The van der Waals surface area contributed by atoms with Gasteiger partial charge >= 0.3 is 0 Å². The zero-order valence-electron chi connectivity index (χ0n) is 16.5. The predicted molar refractivity (Wildman–Crippen MR) is 118 cm³/mol. The molecule has 4 rings (SSSR count). The van der Waals surface area contributed by atoms with Gasteiger partial charge in [0.15, 0.2) is 5.58 Å². The number of aryl methyl sites for hydroxylation is 1. The Labute approximate surface area is 177 Å². The minimum atomic E-state index is 0.443. The van der Waals surface area contributed by atoms with Crippen LogP contribution in [0.2, 0.25) is 0 Å². The number of ether oxygens (including phenoxy) is 2. The molecule has 0 radical (unpaired) electrons. The molecule has 29 heavy (non-hydrogen) atoms. The van der Waals surface area contributed by atoms with Crippen molar-refractivity contribution in [2.75, 3.05) is 12.4 Å². The van der Waals surface area contributed by atoms with Crippen LogP contribution in [0.4, 0.5) is 11.5 Å². The highest BCUT2D eigenvalue weighted by Gasteiger charge is 2.16. The summed E-state index contributed by atoms with van der Waals surface area (Å²) in [6.45, 7) is 4.51. The van der Waals surface area contributed by atoms with Crippen LogP contribution < -0.4 is 14.8 Å². The van der Waals surface area contributed by atoms with Crippen LogP contribution in [0, 0.1) is 13.8 Å². The summed E-state index contributed by atoms with van der Waals surface area (Å²) in [5.41, 5.74) is 4.85. The van der Waals surface area contributed by atoms with Crippen LogP contribution in [-0.2, 0) is 6.61 Å². The first kappa shape index (κ1) is 19.3. The molecule has 5 nitrogen and oxygen atoms in total. The Kier molecular flexibility index (Phi) is 5.45. The van der Waals surface area contributed by atoms with E-state index < -0.39 is 0 Å². The number of fused-ring (bicyclic) bond motifs is 1. The van der Waals surface area contributed by atoms with E-state index in [1.54, 1.807) is 13.3 Å². The summed E-state index contributed by atoms with van der Waals surface area (Å²) in [7, 11) is 1.67. The van der Waals surface area contributed by atoms with Gasteiger partial charge in [-0.2, -0.15) is 0 Å². The van der Waals surface area contributed by atoms with Gasteiger partial charge in [-0.15, -0.1) is 0 Å². The van der Waals surface area contributed by atoms with Crippen LogP contribution >= 0.6 is 15.9 Å². The number of anilines is 2. The van der Waals surface area contributed by atoms with Crippen LogP contribution in [0.5, 0.6) is 11.7 Å². The van der Waals surface area contributed by atoms with Crippen molar-refractivity contribution >= 4 is 38.4 Å². The van der Waals surface area contributed by atoms with Crippen molar-refractivity contribution in [2.45, 2.75) is 20.5 Å². The van der Waals surface area contributed by atoms with Gasteiger partial charge < -0.3 is 19.2 Å². The lowest BCUT2D eigenvalue weighted by Crippen LogP contribution is -2.01. The lowest BCUT2D eigenvalue weighted by molar-refractivity contribution is 0.239. The molecular weight excluding hydrogens is 432 g/mol. The Balaban J connectivity index is 1.61. The summed E-state index contributed by atoms with van der Waals surface area (Å²) in [6.07, 6.45) is 1.77. The van der Waals surface area contributed by atoms with E-state index in [4.69, 9.17) is 13.9 Å². The molecule has 148 valence electrons. The number of nitrogens with one attached hydrogen (secondary N) is 1. The van der Waals surface area contributed by atoms with Crippen molar-refractivity contribution in [2.24, 2.45) is 0 Å². The van der Waals surface area contributed by atoms with Gasteiger partial charge in [0.05, 0.1) is 7.11 Å². The maximum Gasteiger partial charge on any atom is 0.285 e. The molecule has 6 heteroatoms. The molecule has 0 aliphatic carbocycles. The van der Waals surface area contributed by atoms with E-state index in [1.165, 1.54) is 0 Å². The number of pyridine rings is 1. The topological polar surface area (TPSA) is 56.5 Å². The van der Waals surface area contributed by atoms with Crippen LogP contribution in [-0.4, -0.2) is 12.1 Å². The van der Waals surface area contributed by atoms with E-state index in [9.17, 15) is 0 Å². The van der Waals surface area contributed by atoms with Gasteiger partial charge in [-0.25, -0.2) is 4.98 Å². The fourth-order valence-electron chi connectivity index (χ4n) is 3.19. The lowest BCUT2D eigenvalue weighted by atomic mass is 10.1. The molecule has 2 aromatic carbocycles. The smallest absolute Gasteiger partial charge is 0.285 e. The minimum Gasteiger partial charge on any atom is -0.496 e. The number of nitrogens with zero attached hydrogens (tertiary/aromatic N) is 1. The van der Waals surface area contributed by atoms with Crippen LogP contribution in [0.15, 0.2) is 63.6 Å². The first-order chi connectivity index (χ1) is 14.1. The zero-order valence-corrected chi connectivity index (χ0v) is 18.0. The monoisotopic (exact) mass is 452 g/mol. The molecule has 0 amide bonds. The van der Waals surface area contributed by atoms with Crippen molar-refractivity contribution in [1.82, 2.24) is 4.98 Å². The number of methoxy groups -OCH3 is 1. The van der Waals surface area contributed by atoms with E-state index >= 15 is 0 Å². The van der Waals surface area contributed by atoms with Gasteiger partial charge in [-0.1, -0.05) is 36.4 Å². The molecule has 0 saturated carbocycles. The molecule has 1 N–H and O–H groups in total. The van der Waals surface area contributed by atoms with Crippen LogP contribution in [0.25, 0.3) is 11.0 Å². The molecule has 4 aromatic rings. The van der Waals surface area contributed by atoms with E-state index in [-0.39, 0.29) is 0 Å². The highest BCUT2D eigenvalue weighted by molar-refractivity contribution is 9.10. The summed E-state index contributed by atoms with van der Waals surface area (Å²) in [6, 6.07) is 15.8. The largest absolute Gasteiger partial charge is 0.496 e. The summed E-state index contributed by atoms with van der Waals surface area (Å²) < 4.78 is 17.9. The third-order valence-electron chi connectivity index (χ3n) is 4.79. The Morgan fingerprint density at radius 3 is 2.66 bits per heavy atom. The molecular formula is C23H21BrN2O3. The van der Waals surface area contributed by atoms with Crippen molar-refractivity contribution in [1.29, 1.82) is 0 Å². The molecule has 0 bridgehead atoms. The van der Waals surface area contributed by atoms with Crippen LogP contribution in [0.3, 0.4) is 0 Å². The van der Waals surface area contributed by atoms with Crippen molar-refractivity contribution in [3.8, 4) is 11.7 Å². The fraction of sp³-hybridized carbons (Fsp3) is 0.174. The number of hydrogen-bond donors (Lipinski definition) is 1. The van der Waals surface area contributed by atoms with E-state index in [2.05, 4.69) is 26.2 Å². The highest BCUT2D eigenvalue weighted by Crippen LogP contribution is 2.38. The molecule has 0 spiro atoms. The second-order valence-electron chi connectivity index (χ2n) is 6.75. The summed E-state index contributed by atoms with van der Waals surface area (Å²) in [5, 5.41) is 4.27. The van der Waals surface area contributed by atoms with Crippen LogP contribution in [0.1, 0.15) is 16.7 Å². The Morgan fingerprint density at radius 1 is 1.10 bits per heavy atom. The second kappa shape index (κ2) is 8.17. The van der Waals surface area contributed by atoms with Gasteiger partial charge in [0.25, 0.3) is 5.95 Å². The van der Waals surface area contributed by atoms with Gasteiger partial charge in [-0.3, -0.25) is 0 Å². The minimum absolute atomic E-state index is 0.443. The van der Waals surface area contributed by atoms with Gasteiger partial charge in [0.2, 0.25) is 0 Å². The first-order valence-electron chi connectivity index (χ1n) is 9.23. The molecule has 0 saturated heterocycles. The highest BCUT2D eigenvalue weighted by atomic mass is 79.9. The third-order valence-corrected chi connectivity index (χ3v) is 5.52. The average molecular weight is 453 g/mol. The Hall–Kier alpha value is -2.99.